The number of amides is 3. The fourth-order valence-corrected chi connectivity index (χ4v) is 5.10. The standard InChI is InChI=1S/C32H23F2N3O6/c33-21-8-5-7-19(14-21)29(31(40)35-22-12-13-26-27(15-22)43-18-42-26)37(16-20-6-1-3-10-24(20)34)28(38)17-36-25-11-4-2-9-23(25)30(39)32(36)41/h1-15,29H,16-18H2,(H,35,40). The zero-order valence-corrected chi connectivity index (χ0v) is 22.5. The molecule has 0 aromatic heterocycles. The van der Waals surface area contributed by atoms with Crippen LogP contribution < -0.4 is 19.7 Å². The van der Waals surface area contributed by atoms with Crippen molar-refractivity contribution in [2.75, 3.05) is 23.6 Å². The molecule has 0 radical (unpaired) electrons. The van der Waals surface area contributed by atoms with Crippen molar-refractivity contribution in [3.8, 4) is 11.5 Å². The first-order valence-corrected chi connectivity index (χ1v) is 13.2. The van der Waals surface area contributed by atoms with Gasteiger partial charge in [-0.25, -0.2) is 8.78 Å². The number of Topliss-reactive ketones (excluding diaryl/α,β-unsaturated/α-hetero) is 1. The van der Waals surface area contributed by atoms with E-state index < -0.39 is 54.3 Å². The van der Waals surface area contributed by atoms with E-state index in [2.05, 4.69) is 5.32 Å². The summed E-state index contributed by atoms with van der Waals surface area (Å²) in [6.45, 7) is -1.01. The Morgan fingerprint density at radius 3 is 2.47 bits per heavy atom. The SMILES string of the molecule is O=C1C(=O)N(CC(=O)N(Cc2ccccc2F)C(C(=O)Nc2ccc3c(c2)OCO3)c2cccc(F)c2)c2ccccc21. The number of hydrogen-bond donors (Lipinski definition) is 1. The lowest BCUT2D eigenvalue weighted by atomic mass is 10.0. The quantitative estimate of drug-likeness (QED) is 0.304. The van der Waals surface area contributed by atoms with Crippen LogP contribution >= 0.6 is 0 Å². The van der Waals surface area contributed by atoms with Crippen LogP contribution in [0.2, 0.25) is 0 Å². The highest BCUT2D eigenvalue weighted by molar-refractivity contribution is 6.52. The summed E-state index contributed by atoms with van der Waals surface area (Å²) in [7, 11) is 0. The van der Waals surface area contributed by atoms with Crippen LogP contribution in [-0.4, -0.2) is 41.7 Å². The van der Waals surface area contributed by atoms with Gasteiger partial charge >= 0.3 is 0 Å². The van der Waals surface area contributed by atoms with Gasteiger partial charge in [0, 0.05) is 23.9 Å². The third-order valence-corrected chi connectivity index (χ3v) is 7.16. The number of para-hydroxylation sites is 1. The highest BCUT2D eigenvalue weighted by Crippen LogP contribution is 2.35. The number of carbonyl (C=O) groups excluding carboxylic acids is 4. The highest BCUT2D eigenvalue weighted by Gasteiger charge is 2.39. The molecule has 216 valence electrons. The van der Waals surface area contributed by atoms with Gasteiger partial charge in [-0.2, -0.15) is 0 Å². The summed E-state index contributed by atoms with van der Waals surface area (Å²) in [5.41, 5.74) is 0.875. The van der Waals surface area contributed by atoms with Crippen LogP contribution in [0, 0.1) is 11.6 Å². The number of hydrogen-bond acceptors (Lipinski definition) is 6. The molecule has 0 fully saturated rings. The lowest BCUT2D eigenvalue weighted by Gasteiger charge is -2.33. The second kappa shape index (κ2) is 11.4. The van der Waals surface area contributed by atoms with Gasteiger partial charge in [0.15, 0.2) is 11.5 Å². The van der Waals surface area contributed by atoms with Crippen LogP contribution in [0.15, 0.2) is 91.0 Å². The van der Waals surface area contributed by atoms with E-state index in [-0.39, 0.29) is 29.2 Å². The summed E-state index contributed by atoms with van der Waals surface area (Å²) in [5.74, 6) is -3.61. The Kier molecular flexibility index (Phi) is 7.29. The minimum Gasteiger partial charge on any atom is -0.454 e. The molecule has 11 heteroatoms. The van der Waals surface area contributed by atoms with Gasteiger partial charge in [0.05, 0.1) is 11.3 Å². The largest absolute Gasteiger partial charge is 0.454 e. The van der Waals surface area contributed by atoms with Crippen molar-refractivity contribution < 1.29 is 37.4 Å². The number of ketones is 1. The van der Waals surface area contributed by atoms with E-state index in [0.29, 0.717) is 17.2 Å². The van der Waals surface area contributed by atoms with E-state index >= 15 is 0 Å². The van der Waals surface area contributed by atoms with Crippen LogP contribution in [0.5, 0.6) is 11.5 Å². The van der Waals surface area contributed by atoms with Gasteiger partial charge in [0.2, 0.25) is 12.7 Å². The molecule has 2 aliphatic heterocycles. The molecule has 1 unspecified atom stereocenters. The second-order valence-corrected chi connectivity index (χ2v) is 9.87. The van der Waals surface area contributed by atoms with E-state index in [4.69, 9.17) is 9.47 Å². The number of carbonyl (C=O) groups is 4. The summed E-state index contributed by atoms with van der Waals surface area (Å²) in [4.78, 5) is 55.6. The molecule has 9 nitrogen and oxygen atoms in total. The van der Waals surface area contributed by atoms with Gasteiger partial charge in [-0.3, -0.25) is 24.1 Å². The number of anilines is 2. The fourth-order valence-electron chi connectivity index (χ4n) is 5.10. The number of fused-ring (bicyclic) bond motifs is 2. The lowest BCUT2D eigenvalue weighted by Crippen LogP contribution is -2.46. The average molecular weight is 584 g/mol. The smallest absolute Gasteiger partial charge is 0.299 e. The molecule has 1 atom stereocenters. The third kappa shape index (κ3) is 5.40. The molecule has 0 saturated carbocycles. The van der Waals surface area contributed by atoms with Gasteiger partial charge in [-0.05, 0) is 48.0 Å². The summed E-state index contributed by atoms with van der Waals surface area (Å²) >= 11 is 0. The van der Waals surface area contributed by atoms with Crippen LogP contribution in [-0.2, 0) is 20.9 Å². The van der Waals surface area contributed by atoms with Crippen molar-refractivity contribution in [1.82, 2.24) is 4.90 Å². The molecule has 0 aliphatic carbocycles. The number of nitrogens with one attached hydrogen (secondary N) is 1. The van der Waals surface area contributed by atoms with Crippen LogP contribution in [0.4, 0.5) is 20.2 Å². The number of benzene rings is 4. The van der Waals surface area contributed by atoms with Crippen LogP contribution in [0.3, 0.4) is 0 Å². The Morgan fingerprint density at radius 2 is 1.65 bits per heavy atom. The maximum absolute atomic E-state index is 14.9. The van der Waals surface area contributed by atoms with Crippen molar-refractivity contribution in [2.24, 2.45) is 0 Å². The van der Waals surface area contributed by atoms with Gasteiger partial charge in [0.25, 0.3) is 17.6 Å². The average Bonchev–Trinajstić information content (AvgIpc) is 3.56. The van der Waals surface area contributed by atoms with Crippen LogP contribution in [0.25, 0.3) is 0 Å². The zero-order chi connectivity index (χ0) is 30.1. The highest BCUT2D eigenvalue weighted by atomic mass is 19.1. The molecule has 4 aromatic rings. The zero-order valence-electron chi connectivity index (χ0n) is 22.5. The summed E-state index contributed by atoms with van der Waals surface area (Å²) < 4.78 is 40.1. The molecule has 4 aromatic carbocycles. The minimum atomic E-state index is -1.48. The predicted octanol–water partition coefficient (Wildman–Crippen LogP) is 4.63. The van der Waals surface area contributed by atoms with Gasteiger partial charge in [-0.15, -0.1) is 0 Å². The van der Waals surface area contributed by atoms with Crippen molar-refractivity contribution in [1.29, 1.82) is 0 Å². The Morgan fingerprint density at radius 1 is 0.884 bits per heavy atom. The first-order chi connectivity index (χ1) is 20.8. The lowest BCUT2D eigenvalue weighted by molar-refractivity contribution is -0.139. The van der Waals surface area contributed by atoms with E-state index in [0.717, 1.165) is 15.9 Å². The Balaban J connectivity index is 1.40. The normalized spacial score (nSPS) is 14.0. The summed E-state index contributed by atoms with van der Waals surface area (Å²) in [5, 5.41) is 2.73. The molecule has 0 saturated heterocycles. The molecule has 43 heavy (non-hydrogen) atoms. The maximum atomic E-state index is 14.9. The molecule has 6 rings (SSSR count). The van der Waals surface area contributed by atoms with Gasteiger partial charge in [-0.1, -0.05) is 42.5 Å². The molecule has 0 spiro atoms. The molecular formula is C32H23F2N3O6. The van der Waals surface area contributed by atoms with Crippen LogP contribution in [0.1, 0.15) is 27.5 Å². The maximum Gasteiger partial charge on any atom is 0.299 e. The Bertz CT molecular complexity index is 1780. The molecule has 1 N–H and O–H groups in total. The molecule has 0 bridgehead atoms. The first kappa shape index (κ1) is 27.6. The van der Waals surface area contributed by atoms with E-state index in [1.807, 2.05) is 0 Å². The monoisotopic (exact) mass is 583 g/mol. The second-order valence-electron chi connectivity index (χ2n) is 9.87. The fraction of sp³-hybridized carbons (Fsp3) is 0.125. The number of rotatable bonds is 8. The van der Waals surface area contributed by atoms with Gasteiger partial charge in [0.1, 0.15) is 24.2 Å². The topological polar surface area (TPSA) is 105 Å². The van der Waals surface area contributed by atoms with E-state index in [9.17, 15) is 28.0 Å². The van der Waals surface area contributed by atoms with Crippen molar-refractivity contribution in [2.45, 2.75) is 12.6 Å². The third-order valence-electron chi connectivity index (χ3n) is 7.16. The van der Waals surface area contributed by atoms with E-state index in [1.165, 1.54) is 54.6 Å². The first-order valence-electron chi connectivity index (χ1n) is 13.2. The summed E-state index contributed by atoms with van der Waals surface area (Å²) in [6, 6.07) is 20.3. The Hall–Kier alpha value is -5.58. The number of nitrogens with zero attached hydrogens (tertiary/aromatic N) is 2. The molecule has 2 aliphatic rings. The van der Waals surface area contributed by atoms with Crippen molar-refractivity contribution in [3.63, 3.8) is 0 Å². The van der Waals surface area contributed by atoms with Crippen molar-refractivity contribution in [3.05, 3.63) is 119 Å². The Labute approximate surface area is 244 Å². The minimum absolute atomic E-state index is 0.0183. The number of halogens is 2. The van der Waals surface area contributed by atoms with E-state index in [1.54, 1.807) is 30.3 Å². The summed E-state index contributed by atoms with van der Waals surface area (Å²) in [6.07, 6.45) is 0. The molecular weight excluding hydrogens is 560 g/mol. The molecule has 3 amide bonds. The molecule has 2 heterocycles. The van der Waals surface area contributed by atoms with Gasteiger partial charge < -0.3 is 19.7 Å². The number of ether oxygens (including phenoxy) is 2. The predicted molar refractivity (Wildman–Crippen MR) is 150 cm³/mol. The van der Waals surface area contributed by atoms with Crippen molar-refractivity contribution >= 4 is 34.9 Å².